The number of ether oxygens (including phenoxy) is 1. The maximum absolute atomic E-state index is 5.21. The summed E-state index contributed by atoms with van der Waals surface area (Å²) < 4.78 is 5.21. The van der Waals surface area contributed by atoms with Gasteiger partial charge in [-0.05, 0) is 36.4 Å². The summed E-state index contributed by atoms with van der Waals surface area (Å²) in [6.45, 7) is 5.15. The number of halogens is 2. The Morgan fingerprint density at radius 2 is 1.61 bits per heavy atom. The number of aromatic amines is 1. The Hall–Kier alpha value is -2.21. The number of H-pyrrole nitrogens is 1. The van der Waals surface area contributed by atoms with Crippen molar-refractivity contribution in [2.75, 3.05) is 38.2 Å². The number of hydrogen-bond acceptors (Lipinski definition) is 4. The van der Waals surface area contributed by atoms with Crippen LogP contribution in [0.1, 0.15) is 5.69 Å². The lowest BCUT2D eigenvalue weighted by atomic mass is 10.2. The van der Waals surface area contributed by atoms with E-state index in [0.29, 0.717) is 0 Å². The molecule has 5 nitrogen and oxygen atoms in total. The van der Waals surface area contributed by atoms with Crippen LogP contribution in [0.25, 0.3) is 11.4 Å². The molecule has 7 heteroatoms. The first-order chi connectivity index (χ1) is 12.8. The third-order valence-electron chi connectivity index (χ3n) is 4.88. The summed E-state index contributed by atoms with van der Waals surface area (Å²) >= 11 is 0. The fourth-order valence-electron chi connectivity index (χ4n) is 3.38. The summed E-state index contributed by atoms with van der Waals surface area (Å²) in [6.07, 6.45) is 1.95. The summed E-state index contributed by atoms with van der Waals surface area (Å²) in [6, 6.07) is 18.6. The van der Waals surface area contributed by atoms with Gasteiger partial charge in [0.25, 0.3) is 0 Å². The Morgan fingerprint density at radius 1 is 0.929 bits per heavy atom. The molecule has 28 heavy (non-hydrogen) atoms. The number of benzene rings is 2. The zero-order chi connectivity index (χ0) is 17.8. The van der Waals surface area contributed by atoms with E-state index in [1.54, 1.807) is 7.11 Å². The molecule has 0 bridgehead atoms. The summed E-state index contributed by atoms with van der Waals surface area (Å²) in [5.41, 5.74) is 3.55. The molecular formula is C21H26Cl2N4O. The van der Waals surface area contributed by atoms with Crippen LogP contribution in [0.3, 0.4) is 0 Å². The number of imidazole rings is 1. The number of piperazine rings is 1. The number of methoxy groups -OCH3 is 1. The molecule has 1 N–H and O–H groups in total. The van der Waals surface area contributed by atoms with Crippen LogP contribution in [0.2, 0.25) is 0 Å². The van der Waals surface area contributed by atoms with E-state index in [2.05, 4.69) is 50.1 Å². The monoisotopic (exact) mass is 420 g/mol. The molecule has 1 fully saturated rings. The molecule has 4 rings (SSSR count). The summed E-state index contributed by atoms with van der Waals surface area (Å²) in [5, 5.41) is 0. The molecule has 0 radical (unpaired) electrons. The van der Waals surface area contributed by atoms with E-state index in [4.69, 9.17) is 4.74 Å². The molecule has 1 aliphatic heterocycles. The highest BCUT2D eigenvalue weighted by Crippen LogP contribution is 2.21. The van der Waals surface area contributed by atoms with Crippen molar-refractivity contribution < 1.29 is 4.74 Å². The average Bonchev–Trinajstić information content (AvgIpc) is 3.18. The fourth-order valence-corrected chi connectivity index (χ4v) is 3.38. The second-order valence-corrected chi connectivity index (χ2v) is 6.58. The van der Waals surface area contributed by atoms with Gasteiger partial charge < -0.3 is 14.6 Å². The largest absolute Gasteiger partial charge is 0.497 e. The third-order valence-corrected chi connectivity index (χ3v) is 4.88. The van der Waals surface area contributed by atoms with Crippen LogP contribution in [0, 0.1) is 0 Å². The molecule has 3 aromatic rings. The van der Waals surface area contributed by atoms with E-state index in [1.807, 2.05) is 30.5 Å². The molecule has 0 saturated carbocycles. The number of nitrogens with zero attached hydrogens (tertiary/aromatic N) is 3. The van der Waals surface area contributed by atoms with Gasteiger partial charge in [0, 0.05) is 55.9 Å². The fraction of sp³-hybridized carbons (Fsp3) is 0.286. The van der Waals surface area contributed by atoms with Gasteiger partial charge in [0.1, 0.15) is 11.6 Å². The standard InChI is InChI=1S/C21H24N4O.2ClH/c1-26-20-9-7-17(8-10-20)21-22-15-18(23-21)16-24-11-13-25(14-12-24)19-5-3-2-4-6-19;;/h2-10,15H,11-14,16H2,1H3,(H,22,23);2*1H. The smallest absolute Gasteiger partial charge is 0.137 e. The summed E-state index contributed by atoms with van der Waals surface area (Å²) in [5.74, 6) is 1.77. The van der Waals surface area contributed by atoms with Crippen molar-refractivity contribution in [1.29, 1.82) is 0 Å². The van der Waals surface area contributed by atoms with Crippen molar-refractivity contribution in [3.63, 3.8) is 0 Å². The summed E-state index contributed by atoms with van der Waals surface area (Å²) in [4.78, 5) is 12.9. The predicted octanol–water partition coefficient (Wildman–Crippen LogP) is 4.25. The molecule has 0 aliphatic carbocycles. The van der Waals surface area contributed by atoms with Crippen LogP contribution in [0.15, 0.2) is 60.8 Å². The number of aromatic nitrogens is 2. The first kappa shape index (κ1) is 22.1. The van der Waals surface area contributed by atoms with E-state index in [1.165, 1.54) is 5.69 Å². The first-order valence-electron chi connectivity index (χ1n) is 9.02. The van der Waals surface area contributed by atoms with Crippen LogP contribution < -0.4 is 9.64 Å². The minimum Gasteiger partial charge on any atom is -0.497 e. The van der Waals surface area contributed by atoms with Gasteiger partial charge >= 0.3 is 0 Å². The Labute approximate surface area is 178 Å². The molecule has 0 amide bonds. The molecule has 2 heterocycles. The van der Waals surface area contributed by atoms with E-state index in [0.717, 1.165) is 55.6 Å². The molecule has 1 saturated heterocycles. The van der Waals surface area contributed by atoms with E-state index in [9.17, 15) is 0 Å². The Bertz CT molecular complexity index is 831. The number of para-hydroxylation sites is 1. The highest BCUT2D eigenvalue weighted by atomic mass is 35.5. The van der Waals surface area contributed by atoms with Gasteiger partial charge in [0.05, 0.1) is 7.11 Å². The maximum atomic E-state index is 5.21. The SMILES string of the molecule is COc1ccc(-c2ncc(CN3CCN(c4ccccc4)CC3)[nH]2)cc1.Cl.Cl. The molecule has 0 unspecified atom stereocenters. The number of hydrogen-bond donors (Lipinski definition) is 1. The number of rotatable bonds is 5. The van der Waals surface area contributed by atoms with E-state index < -0.39 is 0 Å². The molecule has 0 atom stereocenters. The Kier molecular flexibility index (Phi) is 8.18. The minimum atomic E-state index is 0. The van der Waals surface area contributed by atoms with Crippen LogP contribution >= 0.6 is 24.8 Å². The van der Waals surface area contributed by atoms with Crippen LogP contribution in [0.4, 0.5) is 5.69 Å². The van der Waals surface area contributed by atoms with Gasteiger partial charge in [0.2, 0.25) is 0 Å². The van der Waals surface area contributed by atoms with Crippen molar-refractivity contribution in [2.45, 2.75) is 6.54 Å². The number of anilines is 1. The van der Waals surface area contributed by atoms with Crippen LogP contribution in [-0.4, -0.2) is 48.2 Å². The quantitative estimate of drug-likeness (QED) is 0.669. The lowest BCUT2D eigenvalue weighted by Gasteiger charge is -2.35. The second-order valence-electron chi connectivity index (χ2n) is 6.58. The van der Waals surface area contributed by atoms with Gasteiger partial charge in [-0.2, -0.15) is 0 Å². The third kappa shape index (κ3) is 5.19. The van der Waals surface area contributed by atoms with E-state index >= 15 is 0 Å². The average molecular weight is 421 g/mol. The van der Waals surface area contributed by atoms with Crippen molar-refractivity contribution >= 4 is 30.5 Å². The van der Waals surface area contributed by atoms with Gasteiger partial charge in [-0.15, -0.1) is 24.8 Å². The van der Waals surface area contributed by atoms with Crippen molar-refractivity contribution in [3.05, 3.63) is 66.5 Å². The van der Waals surface area contributed by atoms with Crippen molar-refractivity contribution in [3.8, 4) is 17.1 Å². The predicted molar refractivity (Wildman–Crippen MR) is 119 cm³/mol. The van der Waals surface area contributed by atoms with Gasteiger partial charge in [-0.25, -0.2) is 4.98 Å². The zero-order valence-corrected chi connectivity index (χ0v) is 17.5. The Balaban J connectivity index is 0.00000140. The first-order valence-corrected chi connectivity index (χ1v) is 9.02. The molecular weight excluding hydrogens is 395 g/mol. The Morgan fingerprint density at radius 3 is 2.25 bits per heavy atom. The van der Waals surface area contributed by atoms with E-state index in [-0.39, 0.29) is 24.8 Å². The maximum Gasteiger partial charge on any atom is 0.137 e. The molecule has 1 aromatic heterocycles. The lowest BCUT2D eigenvalue weighted by molar-refractivity contribution is 0.247. The molecule has 0 spiro atoms. The van der Waals surface area contributed by atoms with Gasteiger partial charge in [-0.1, -0.05) is 18.2 Å². The lowest BCUT2D eigenvalue weighted by Crippen LogP contribution is -2.46. The highest BCUT2D eigenvalue weighted by Gasteiger charge is 2.18. The normalized spacial score (nSPS) is 14.1. The van der Waals surface area contributed by atoms with Gasteiger partial charge in [0.15, 0.2) is 0 Å². The number of nitrogens with one attached hydrogen (secondary N) is 1. The second kappa shape index (κ2) is 10.4. The molecule has 150 valence electrons. The minimum absolute atomic E-state index is 0. The van der Waals surface area contributed by atoms with Gasteiger partial charge in [-0.3, -0.25) is 4.90 Å². The van der Waals surface area contributed by atoms with Crippen molar-refractivity contribution in [1.82, 2.24) is 14.9 Å². The molecule has 1 aliphatic rings. The van der Waals surface area contributed by atoms with Crippen LogP contribution in [-0.2, 0) is 6.54 Å². The molecule has 2 aromatic carbocycles. The van der Waals surface area contributed by atoms with Crippen LogP contribution in [0.5, 0.6) is 5.75 Å². The van der Waals surface area contributed by atoms with Crippen molar-refractivity contribution in [2.24, 2.45) is 0 Å². The summed E-state index contributed by atoms with van der Waals surface area (Å²) in [7, 11) is 1.68. The topological polar surface area (TPSA) is 44.4 Å². The zero-order valence-electron chi connectivity index (χ0n) is 15.9. The highest BCUT2D eigenvalue weighted by molar-refractivity contribution is 5.85.